The number of ether oxygens (including phenoxy) is 1. The summed E-state index contributed by atoms with van der Waals surface area (Å²) in [4.78, 5) is 29.8. The molecule has 2 aromatic rings. The van der Waals surface area contributed by atoms with E-state index < -0.39 is 11.7 Å². The van der Waals surface area contributed by atoms with Crippen LogP contribution in [-0.2, 0) is 24.2 Å². The average Bonchev–Trinajstić information content (AvgIpc) is 3.02. The number of hydrogen-bond donors (Lipinski definition) is 1. The summed E-state index contributed by atoms with van der Waals surface area (Å²) in [6.07, 6.45) is 1.67. The molecule has 0 saturated carbocycles. The molecule has 1 amide bonds. The van der Waals surface area contributed by atoms with Gasteiger partial charge in [0.05, 0.1) is 24.9 Å². The van der Waals surface area contributed by atoms with Gasteiger partial charge in [0.1, 0.15) is 11.4 Å². The molecule has 2 aromatic heterocycles. The lowest BCUT2D eigenvalue weighted by Crippen LogP contribution is -2.43. The lowest BCUT2D eigenvalue weighted by atomic mass is 10.1. The van der Waals surface area contributed by atoms with Crippen molar-refractivity contribution >= 4 is 18.3 Å². The van der Waals surface area contributed by atoms with Crippen LogP contribution in [0.5, 0.6) is 0 Å². The van der Waals surface area contributed by atoms with Crippen LogP contribution in [0.1, 0.15) is 37.8 Å². The molecule has 0 atom stereocenters. The van der Waals surface area contributed by atoms with Crippen molar-refractivity contribution in [1.82, 2.24) is 14.5 Å². The van der Waals surface area contributed by atoms with E-state index >= 15 is 0 Å². The SMILES string of the molecule is CC(C)(C)OC(=O)N1CCc2[nH]c(=S)n(Cc3ccco3)c(=O)c2C1. The minimum atomic E-state index is -0.576. The zero-order chi connectivity index (χ0) is 18.2. The fourth-order valence-electron chi connectivity index (χ4n) is 2.73. The van der Waals surface area contributed by atoms with Crippen LogP contribution >= 0.6 is 12.2 Å². The number of rotatable bonds is 2. The molecule has 134 valence electrons. The second-order valence-electron chi connectivity index (χ2n) is 7.01. The third kappa shape index (κ3) is 3.84. The maximum atomic E-state index is 12.9. The molecule has 3 heterocycles. The Labute approximate surface area is 150 Å². The predicted molar refractivity (Wildman–Crippen MR) is 94.0 cm³/mol. The quantitative estimate of drug-likeness (QED) is 0.830. The Morgan fingerprint density at radius 1 is 1.44 bits per heavy atom. The molecular weight excluding hydrogens is 342 g/mol. The third-order valence-electron chi connectivity index (χ3n) is 3.90. The summed E-state index contributed by atoms with van der Waals surface area (Å²) >= 11 is 5.31. The smallest absolute Gasteiger partial charge is 0.410 e. The number of aromatic nitrogens is 2. The largest absolute Gasteiger partial charge is 0.467 e. The molecule has 1 aliphatic rings. The van der Waals surface area contributed by atoms with Crippen molar-refractivity contribution in [3.05, 3.63) is 50.5 Å². The highest BCUT2D eigenvalue weighted by molar-refractivity contribution is 7.71. The number of fused-ring (bicyclic) bond motifs is 1. The lowest BCUT2D eigenvalue weighted by molar-refractivity contribution is 0.0221. The van der Waals surface area contributed by atoms with E-state index in [0.29, 0.717) is 29.1 Å². The summed E-state index contributed by atoms with van der Waals surface area (Å²) in [5.74, 6) is 0.640. The number of amides is 1. The molecule has 3 rings (SSSR count). The second-order valence-corrected chi connectivity index (χ2v) is 7.40. The highest BCUT2D eigenvalue weighted by Crippen LogP contribution is 2.18. The number of carbonyl (C=O) groups excluding carboxylic acids is 1. The summed E-state index contributed by atoms with van der Waals surface area (Å²) in [6, 6.07) is 3.55. The van der Waals surface area contributed by atoms with Crippen LogP contribution < -0.4 is 5.56 Å². The van der Waals surface area contributed by atoms with E-state index in [0.717, 1.165) is 5.69 Å². The van der Waals surface area contributed by atoms with Gasteiger partial charge in [-0.2, -0.15) is 0 Å². The highest BCUT2D eigenvalue weighted by atomic mass is 32.1. The average molecular weight is 363 g/mol. The van der Waals surface area contributed by atoms with Crippen LogP contribution in [0, 0.1) is 4.77 Å². The first-order valence-corrected chi connectivity index (χ1v) is 8.50. The summed E-state index contributed by atoms with van der Waals surface area (Å²) in [6.45, 7) is 6.38. The topological polar surface area (TPSA) is 80.5 Å². The summed E-state index contributed by atoms with van der Waals surface area (Å²) in [7, 11) is 0. The van der Waals surface area contributed by atoms with Crippen molar-refractivity contribution in [2.24, 2.45) is 0 Å². The number of aromatic amines is 1. The van der Waals surface area contributed by atoms with Gasteiger partial charge in [-0.05, 0) is 45.1 Å². The van der Waals surface area contributed by atoms with Crippen LogP contribution in [-0.4, -0.2) is 32.7 Å². The molecule has 0 aromatic carbocycles. The standard InChI is InChI=1S/C17H21N3O4S/c1-17(2,3)24-16(22)19-7-6-13-12(10-19)14(21)20(15(25)18-13)9-11-5-4-8-23-11/h4-5,8H,6-7,9-10H2,1-3H3,(H,18,25). The monoisotopic (exact) mass is 363 g/mol. The lowest BCUT2D eigenvalue weighted by Gasteiger charge is -2.30. The second kappa shape index (κ2) is 6.51. The Morgan fingerprint density at radius 3 is 2.84 bits per heavy atom. The molecule has 0 saturated heterocycles. The van der Waals surface area contributed by atoms with Crippen molar-refractivity contribution in [1.29, 1.82) is 0 Å². The van der Waals surface area contributed by atoms with E-state index in [9.17, 15) is 9.59 Å². The molecule has 8 heteroatoms. The van der Waals surface area contributed by atoms with Gasteiger partial charge in [-0.1, -0.05) is 0 Å². The minimum absolute atomic E-state index is 0.202. The van der Waals surface area contributed by atoms with Gasteiger partial charge in [0.15, 0.2) is 4.77 Å². The predicted octanol–water partition coefficient (Wildman–Crippen LogP) is 2.84. The zero-order valence-corrected chi connectivity index (χ0v) is 15.3. The Morgan fingerprint density at radius 2 is 2.20 bits per heavy atom. The molecule has 0 radical (unpaired) electrons. The van der Waals surface area contributed by atoms with E-state index in [1.807, 2.05) is 20.8 Å². The number of H-pyrrole nitrogens is 1. The van der Waals surface area contributed by atoms with Gasteiger partial charge in [-0.15, -0.1) is 0 Å². The Bertz CT molecular complexity index is 890. The first kappa shape index (κ1) is 17.5. The first-order valence-electron chi connectivity index (χ1n) is 8.10. The number of carbonyl (C=O) groups is 1. The Hall–Kier alpha value is -2.35. The van der Waals surface area contributed by atoms with Crippen LogP contribution in [0.4, 0.5) is 4.79 Å². The van der Waals surface area contributed by atoms with Crippen LogP contribution in [0.15, 0.2) is 27.6 Å². The number of hydrogen-bond acceptors (Lipinski definition) is 5. The van der Waals surface area contributed by atoms with Crippen LogP contribution in [0.2, 0.25) is 0 Å². The normalized spacial score (nSPS) is 14.3. The fourth-order valence-corrected chi connectivity index (χ4v) is 3.00. The van der Waals surface area contributed by atoms with Gasteiger partial charge < -0.3 is 19.0 Å². The van der Waals surface area contributed by atoms with Crippen molar-refractivity contribution in [3.8, 4) is 0 Å². The maximum Gasteiger partial charge on any atom is 0.410 e. The Kier molecular flexibility index (Phi) is 4.55. The van der Waals surface area contributed by atoms with Crippen molar-refractivity contribution in [2.45, 2.75) is 45.9 Å². The molecule has 1 N–H and O–H groups in total. The van der Waals surface area contributed by atoms with E-state index in [-0.39, 0.29) is 18.6 Å². The first-order chi connectivity index (χ1) is 11.7. The van der Waals surface area contributed by atoms with Gasteiger partial charge >= 0.3 is 6.09 Å². The molecular formula is C17H21N3O4S. The molecule has 0 fully saturated rings. The molecule has 0 aliphatic carbocycles. The molecule has 1 aliphatic heterocycles. The maximum absolute atomic E-state index is 12.9. The number of nitrogens with zero attached hydrogens (tertiary/aromatic N) is 2. The molecule has 7 nitrogen and oxygen atoms in total. The van der Waals surface area contributed by atoms with Crippen molar-refractivity contribution in [2.75, 3.05) is 6.54 Å². The van der Waals surface area contributed by atoms with Gasteiger partial charge in [0.2, 0.25) is 0 Å². The molecule has 0 bridgehead atoms. The summed E-state index contributed by atoms with van der Waals surface area (Å²) in [5.41, 5.74) is 0.541. The number of furan rings is 1. The molecule has 0 unspecified atom stereocenters. The summed E-state index contributed by atoms with van der Waals surface area (Å²) in [5, 5.41) is 0. The van der Waals surface area contributed by atoms with E-state index in [1.54, 1.807) is 23.3 Å². The molecule has 0 spiro atoms. The highest BCUT2D eigenvalue weighted by Gasteiger charge is 2.28. The van der Waals surface area contributed by atoms with Gasteiger partial charge in [0, 0.05) is 18.7 Å². The third-order valence-corrected chi connectivity index (χ3v) is 4.22. The van der Waals surface area contributed by atoms with E-state index in [1.165, 1.54) is 4.57 Å². The van der Waals surface area contributed by atoms with Crippen LogP contribution in [0.3, 0.4) is 0 Å². The van der Waals surface area contributed by atoms with Crippen molar-refractivity contribution in [3.63, 3.8) is 0 Å². The van der Waals surface area contributed by atoms with E-state index in [2.05, 4.69) is 4.98 Å². The minimum Gasteiger partial charge on any atom is -0.467 e. The van der Waals surface area contributed by atoms with Gasteiger partial charge in [-0.25, -0.2) is 4.79 Å². The van der Waals surface area contributed by atoms with Crippen LogP contribution in [0.25, 0.3) is 0 Å². The van der Waals surface area contributed by atoms with Gasteiger partial charge in [0.25, 0.3) is 5.56 Å². The van der Waals surface area contributed by atoms with E-state index in [4.69, 9.17) is 21.4 Å². The number of nitrogens with one attached hydrogen (secondary N) is 1. The van der Waals surface area contributed by atoms with Crippen molar-refractivity contribution < 1.29 is 13.9 Å². The summed E-state index contributed by atoms with van der Waals surface area (Å²) < 4.78 is 12.5. The zero-order valence-electron chi connectivity index (χ0n) is 14.5. The molecule has 25 heavy (non-hydrogen) atoms. The van der Waals surface area contributed by atoms with Gasteiger partial charge in [-0.3, -0.25) is 9.36 Å². The Balaban J connectivity index is 1.89. The fraction of sp³-hybridized carbons (Fsp3) is 0.471.